The summed E-state index contributed by atoms with van der Waals surface area (Å²) in [6.07, 6.45) is 1.50. The molecule has 0 aliphatic heterocycles. The first kappa shape index (κ1) is 17.5. The quantitative estimate of drug-likeness (QED) is 0.711. The van der Waals surface area contributed by atoms with E-state index in [0.717, 1.165) is 12.1 Å². The number of anilines is 3. The van der Waals surface area contributed by atoms with Gasteiger partial charge in [-0.15, -0.1) is 0 Å². The largest absolute Gasteiger partial charge is 0.352 e. The molecule has 0 bridgehead atoms. The monoisotopic (exact) mass is 357 g/mol. The molecular weight excluding hydrogens is 343 g/mol. The summed E-state index contributed by atoms with van der Waals surface area (Å²) in [4.78, 5) is 16.0. The fourth-order valence-electron chi connectivity index (χ4n) is 2.26. The highest BCUT2D eigenvalue weighted by molar-refractivity contribution is 5.91. The first-order valence-corrected chi connectivity index (χ1v) is 7.72. The van der Waals surface area contributed by atoms with Gasteiger partial charge in [0.05, 0.1) is 24.0 Å². The Kier molecular flexibility index (Phi) is 5.17. The third-order valence-electron chi connectivity index (χ3n) is 3.52. The highest BCUT2D eigenvalue weighted by Crippen LogP contribution is 2.21. The standard InChI is InChI=1S/C19H14F3N3O/c20-13-3-1-12(2-4-13)9-19(26)25-18-8-6-15(11-23-18)24-17-7-5-14(21)10-16(17)22/h1-8,10-11,24H,9H2,(H,23,25,26). The molecule has 0 saturated carbocycles. The molecule has 0 unspecified atom stereocenters. The predicted octanol–water partition coefficient (Wildman–Crippen LogP) is 4.42. The Morgan fingerprint density at radius 1 is 0.923 bits per heavy atom. The topological polar surface area (TPSA) is 54.0 Å². The lowest BCUT2D eigenvalue weighted by atomic mass is 10.1. The summed E-state index contributed by atoms with van der Waals surface area (Å²) in [6.45, 7) is 0. The molecule has 1 heterocycles. The van der Waals surface area contributed by atoms with Crippen LogP contribution in [0.2, 0.25) is 0 Å². The number of carbonyl (C=O) groups excluding carboxylic acids is 1. The summed E-state index contributed by atoms with van der Waals surface area (Å²) in [5.41, 5.74) is 1.27. The molecule has 1 aromatic heterocycles. The van der Waals surface area contributed by atoms with Crippen LogP contribution in [-0.2, 0) is 11.2 Å². The fourth-order valence-corrected chi connectivity index (χ4v) is 2.26. The van der Waals surface area contributed by atoms with E-state index in [4.69, 9.17) is 0 Å². The van der Waals surface area contributed by atoms with E-state index >= 15 is 0 Å². The molecule has 3 aromatic rings. The van der Waals surface area contributed by atoms with Gasteiger partial charge in [-0.1, -0.05) is 12.1 Å². The average molecular weight is 357 g/mol. The lowest BCUT2D eigenvalue weighted by Crippen LogP contribution is -2.15. The molecule has 0 saturated heterocycles. The molecule has 3 rings (SSSR count). The lowest BCUT2D eigenvalue weighted by molar-refractivity contribution is -0.115. The third-order valence-corrected chi connectivity index (χ3v) is 3.52. The highest BCUT2D eigenvalue weighted by atomic mass is 19.1. The number of benzene rings is 2. The van der Waals surface area contributed by atoms with Crippen molar-refractivity contribution >= 4 is 23.1 Å². The molecule has 4 nitrogen and oxygen atoms in total. The van der Waals surface area contributed by atoms with Gasteiger partial charge in [-0.25, -0.2) is 18.2 Å². The van der Waals surface area contributed by atoms with Gasteiger partial charge in [0.1, 0.15) is 23.3 Å². The van der Waals surface area contributed by atoms with Gasteiger partial charge in [0.2, 0.25) is 5.91 Å². The SMILES string of the molecule is O=C(Cc1ccc(F)cc1)Nc1ccc(Nc2ccc(F)cc2F)cn1. The normalized spacial score (nSPS) is 10.4. The summed E-state index contributed by atoms with van der Waals surface area (Å²) in [5.74, 6) is -1.72. The predicted molar refractivity (Wildman–Crippen MR) is 92.6 cm³/mol. The lowest BCUT2D eigenvalue weighted by Gasteiger charge is -2.09. The van der Waals surface area contributed by atoms with Gasteiger partial charge in [0, 0.05) is 6.07 Å². The van der Waals surface area contributed by atoms with Crippen LogP contribution in [0.3, 0.4) is 0 Å². The number of carbonyl (C=O) groups is 1. The van der Waals surface area contributed by atoms with Crippen molar-refractivity contribution in [2.45, 2.75) is 6.42 Å². The first-order chi connectivity index (χ1) is 12.5. The van der Waals surface area contributed by atoms with Gasteiger partial charge in [0.25, 0.3) is 0 Å². The smallest absolute Gasteiger partial charge is 0.229 e. The third kappa shape index (κ3) is 4.60. The molecule has 7 heteroatoms. The molecule has 1 amide bonds. The molecule has 0 radical (unpaired) electrons. The van der Waals surface area contributed by atoms with Crippen molar-refractivity contribution in [3.05, 3.63) is 83.8 Å². The zero-order valence-electron chi connectivity index (χ0n) is 13.5. The zero-order chi connectivity index (χ0) is 18.5. The number of amides is 1. The number of nitrogens with one attached hydrogen (secondary N) is 2. The molecule has 0 fully saturated rings. The summed E-state index contributed by atoms with van der Waals surface area (Å²) in [6, 6.07) is 12.0. The van der Waals surface area contributed by atoms with Crippen molar-refractivity contribution in [2.24, 2.45) is 0 Å². The van der Waals surface area contributed by atoms with E-state index in [-0.39, 0.29) is 23.8 Å². The van der Waals surface area contributed by atoms with Gasteiger partial charge in [-0.05, 0) is 42.0 Å². The van der Waals surface area contributed by atoms with Crippen LogP contribution in [-0.4, -0.2) is 10.9 Å². The molecular formula is C19H14F3N3O. The van der Waals surface area contributed by atoms with Crippen LogP contribution in [0.25, 0.3) is 0 Å². The maximum atomic E-state index is 13.6. The number of rotatable bonds is 5. The second-order valence-electron chi connectivity index (χ2n) is 5.53. The average Bonchev–Trinajstić information content (AvgIpc) is 2.61. The molecule has 0 atom stereocenters. The maximum absolute atomic E-state index is 13.6. The number of nitrogens with zero attached hydrogens (tertiary/aromatic N) is 1. The Morgan fingerprint density at radius 3 is 2.31 bits per heavy atom. The summed E-state index contributed by atoms with van der Waals surface area (Å²) in [5, 5.41) is 5.39. The number of hydrogen-bond donors (Lipinski definition) is 2. The molecule has 0 aliphatic rings. The van der Waals surface area contributed by atoms with Crippen LogP contribution in [0.4, 0.5) is 30.4 Å². The van der Waals surface area contributed by atoms with Crippen molar-refractivity contribution < 1.29 is 18.0 Å². The second-order valence-corrected chi connectivity index (χ2v) is 5.53. The van der Waals surface area contributed by atoms with Gasteiger partial charge in [-0.3, -0.25) is 4.79 Å². The molecule has 132 valence electrons. The summed E-state index contributed by atoms with van der Waals surface area (Å²) >= 11 is 0. The van der Waals surface area contributed by atoms with E-state index in [9.17, 15) is 18.0 Å². The minimum absolute atomic E-state index is 0.0861. The van der Waals surface area contributed by atoms with Crippen molar-refractivity contribution in [1.29, 1.82) is 0 Å². The van der Waals surface area contributed by atoms with E-state index < -0.39 is 11.6 Å². The Balaban J connectivity index is 1.60. The fraction of sp³-hybridized carbons (Fsp3) is 0.0526. The van der Waals surface area contributed by atoms with Crippen LogP contribution in [0.15, 0.2) is 60.8 Å². The Bertz CT molecular complexity index is 912. The van der Waals surface area contributed by atoms with E-state index in [1.165, 1.54) is 36.5 Å². The number of hydrogen-bond acceptors (Lipinski definition) is 3. The van der Waals surface area contributed by atoms with Crippen LogP contribution in [0.5, 0.6) is 0 Å². The van der Waals surface area contributed by atoms with E-state index in [2.05, 4.69) is 15.6 Å². The van der Waals surface area contributed by atoms with Crippen molar-refractivity contribution in [3.8, 4) is 0 Å². The van der Waals surface area contributed by atoms with Gasteiger partial charge in [0.15, 0.2) is 0 Å². The minimum atomic E-state index is -0.721. The van der Waals surface area contributed by atoms with E-state index in [0.29, 0.717) is 17.1 Å². The summed E-state index contributed by atoms with van der Waals surface area (Å²) in [7, 11) is 0. The van der Waals surface area contributed by atoms with Gasteiger partial charge in [-0.2, -0.15) is 0 Å². The number of halogens is 3. The molecule has 0 spiro atoms. The maximum Gasteiger partial charge on any atom is 0.229 e. The Labute approximate surface area is 147 Å². The van der Waals surface area contributed by atoms with Crippen LogP contribution >= 0.6 is 0 Å². The molecule has 2 aromatic carbocycles. The van der Waals surface area contributed by atoms with Gasteiger partial charge >= 0.3 is 0 Å². The highest BCUT2D eigenvalue weighted by Gasteiger charge is 2.07. The Hall–Kier alpha value is -3.35. The van der Waals surface area contributed by atoms with Crippen LogP contribution in [0.1, 0.15) is 5.56 Å². The van der Waals surface area contributed by atoms with Crippen LogP contribution in [0, 0.1) is 17.5 Å². The number of aromatic nitrogens is 1. The van der Waals surface area contributed by atoms with E-state index in [1.54, 1.807) is 12.1 Å². The molecule has 2 N–H and O–H groups in total. The molecule has 0 aliphatic carbocycles. The van der Waals surface area contributed by atoms with Crippen molar-refractivity contribution in [3.63, 3.8) is 0 Å². The van der Waals surface area contributed by atoms with E-state index in [1.807, 2.05) is 0 Å². The van der Waals surface area contributed by atoms with Gasteiger partial charge < -0.3 is 10.6 Å². The van der Waals surface area contributed by atoms with Crippen molar-refractivity contribution in [1.82, 2.24) is 4.98 Å². The number of pyridine rings is 1. The second kappa shape index (κ2) is 7.69. The molecule has 26 heavy (non-hydrogen) atoms. The Morgan fingerprint density at radius 2 is 1.65 bits per heavy atom. The first-order valence-electron chi connectivity index (χ1n) is 7.72. The van der Waals surface area contributed by atoms with Crippen molar-refractivity contribution in [2.75, 3.05) is 10.6 Å². The minimum Gasteiger partial charge on any atom is -0.352 e. The zero-order valence-corrected chi connectivity index (χ0v) is 13.5. The van der Waals surface area contributed by atoms with Crippen LogP contribution < -0.4 is 10.6 Å². The summed E-state index contributed by atoms with van der Waals surface area (Å²) < 4.78 is 39.4.